The predicted molar refractivity (Wildman–Crippen MR) is 124 cm³/mol. The Morgan fingerprint density at radius 3 is 2.75 bits per heavy atom. The van der Waals surface area contributed by atoms with E-state index in [0.29, 0.717) is 46.9 Å². The summed E-state index contributed by atoms with van der Waals surface area (Å²) in [5, 5.41) is 3.50. The van der Waals surface area contributed by atoms with Crippen LogP contribution in [0.4, 0.5) is 5.69 Å². The van der Waals surface area contributed by atoms with Gasteiger partial charge in [0, 0.05) is 30.0 Å². The molecule has 3 aromatic rings. The van der Waals surface area contributed by atoms with Crippen molar-refractivity contribution in [3.63, 3.8) is 0 Å². The molecule has 0 spiro atoms. The van der Waals surface area contributed by atoms with Gasteiger partial charge in [-0.25, -0.2) is 4.98 Å². The summed E-state index contributed by atoms with van der Waals surface area (Å²) in [6, 6.07) is 6.58. The number of fused-ring (bicyclic) bond motifs is 1. The maximum atomic E-state index is 12.9. The van der Waals surface area contributed by atoms with Gasteiger partial charge < -0.3 is 19.9 Å². The lowest BCUT2D eigenvalue weighted by Crippen LogP contribution is -2.43. The number of aryl methyl sites for hydroxylation is 3. The molecule has 1 aromatic carbocycles. The highest BCUT2D eigenvalue weighted by Crippen LogP contribution is 2.26. The molecular formula is C23H26N4O4S. The van der Waals surface area contributed by atoms with E-state index in [4.69, 9.17) is 4.74 Å². The molecule has 9 heteroatoms. The van der Waals surface area contributed by atoms with Crippen LogP contribution in [0.5, 0.6) is 5.75 Å². The Morgan fingerprint density at radius 1 is 1.28 bits per heavy atom. The van der Waals surface area contributed by atoms with Crippen LogP contribution in [-0.2, 0) is 16.0 Å². The van der Waals surface area contributed by atoms with Gasteiger partial charge in [0.1, 0.15) is 22.4 Å². The smallest absolute Gasteiger partial charge is 0.259 e. The normalized spacial score (nSPS) is 15.8. The standard InChI is InChI=1S/C23H26N4O4S/c1-13-14(2)32-23-20(13)22(30)25-18(26-23)10-11-19(28)27-12-4-5-17(27)21(29)24-15-6-8-16(31-3)9-7-15/h6-9,17H,4-5,10-12H2,1-3H3,(H,24,29)(H,25,26,30). The van der Waals surface area contributed by atoms with Crippen LogP contribution in [0.25, 0.3) is 10.2 Å². The van der Waals surface area contributed by atoms with Gasteiger partial charge in [-0.1, -0.05) is 0 Å². The van der Waals surface area contributed by atoms with Crippen molar-refractivity contribution in [2.45, 2.75) is 45.6 Å². The lowest BCUT2D eigenvalue weighted by Gasteiger charge is -2.24. The second-order valence-corrected chi connectivity index (χ2v) is 9.14. The van der Waals surface area contributed by atoms with Gasteiger partial charge in [-0.3, -0.25) is 14.4 Å². The Labute approximate surface area is 189 Å². The van der Waals surface area contributed by atoms with E-state index in [9.17, 15) is 14.4 Å². The van der Waals surface area contributed by atoms with E-state index in [0.717, 1.165) is 16.9 Å². The average molecular weight is 455 g/mol. The van der Waals surface area contributed by atoms with Gasteiger partial charge in [0.2, 0.25) is 11.8 Å². The van der Waals surface area contributed by atoms with Gasteiger partial charge in [-0.2, -0.15) is 0 Å². The number of likely N-dealkylation sites (tertiary alicyclic amines) is 1. The number of carbonyl (C=O) groups excluding carboxylic acids is 2. The molecular weight excluding hydrogens is 428 g/mol. The number of thiophene rings is 1. The van der Waals surface area contributed by atoms with Crippen molar-refractivity contribution in [3.05, 3.63) is 50.9 Å². The summed E-state index contributed by atoms with van der Waals surface area (Å²) in [6.45, 7) is 4.43. The van der Waals surface area contributed by atoms with E-state index >= 15 is 0 Å². The summed E-state index contributed by atoms with van der Waals surface area (Å²) < 4.78 is 5.13. The van der Waals surface area contributed by atoms with Gasteiger partial charge in [0.05, 0.1) is 12.5 Å². The Hall–Kier alpha value is -3.20. The molecule has 168 valence electrons. The molecule has 1 atom stereocenters. The monoisotopic (exact) mass is 454 g/mol. The molecule has 3 heterocycles. The Balaban J connectivity index is 1.40. The number of aromatic nitrogens is 2. The third-order valence-electron chi connectivity index (χ3n) is 5.90. The molecule has 0 aliphatic carbocycles. The predicted octanol–water partition coefficient (Wildman–Crippen LogP) is 3.17. The van der Waals surface area contributed by atoms with Crippen molar-refractivity contribution in [3.8, 4) is 5.75 Å². The molecule has 4 rings (SSSR count). The summed E-state index contributed by atoms with van der Waals surface area (Å²) in [5.41, 5.74) is 1.44. The van der Waals surface area contributed by atoms with E-state index in [2.05, 4.69) is 15.3 Å². The fraction of sp³-hybridized carbons (Fsp3) is 0.391. The number of hydrogen-bond acceptors (Lipinski definition) is 6. The van der Waals surface area contributed by atoms with E-state index in [1.54, 1.807) is 36.3 Å². The summed E-state index contributed by atoms with van der Waals surface area (Å²) >= 11 is 1.49. The number of hydrogen-bond donors (Lipinski definition) is 2. The number of anilines is 1. The number of H-pyrrole nitrogens is 1. The molecule has 2 N–H and O–H groups in total. The van der Waals surface area contributed by atoms with Crippen molar-refractivity contribution in [2.24, 2.45) is 0 Å². The summed E-state index contributed by atoms with van der Waals surface area (Å²) in [4.78, 5) is 48.9. The SMILES string of the molecule is COc1ccc(NC(=O)C2CCCN2C(=O)CCc2nc3sc(C)c(C)c3c(=O)[nH]2)cc1. The Bertz CT molecular complexity index is 1220. The van der Waals surface area contributed by atoms with Crippen LogP contribution >= 0.6 is 11.3 Å². The van der Waals surface area contributed by atoms with Crippen molar-refractivity contribution >= 4 is 39.1 Å². The zero-order valence-electron chi connectivity index (χ0n) is 18.4. The average Bonchev–Trinajstić information content (AvgIpc) is 3.38. The van der Waals surface area contributed by atoms with Crippen molar-refractivity contribution in [1.82, 2.24) is 14.9 Å². The minimum absolute atomic E-state index is 0.112. The molecule has 0 bridgehead atoms. The highest BCUT2D eigenvalue weighted by atomic mass is 32.1. The minimum atomic E-state index is -0.498. The van der Waals surface area contributed by atoms with Gasteiger partial charge >= 0.3 is 0 Å². The maximum absolute atomic E-state index is 12.9. The second kappa shape index (κ2) is 9.12. The van der Waals surface area contributed by atoms with Crippen molar-refractivity contribution < 1.29 is 14.3 Å². The van der Waals surface area contributed by atoms with E-state index in [-0.39, 0.29) is 23.8 Å². The summed E-state index contributed by atoms with van der Waals surface area (Å²) in [7, 11) is 1.58. The number of ether oxygens (including phenoxy) is 1. The lowest BCUT2D eigenvalue weighted by molar-refractivity contribution is -0.136. The van der Waals surface area contributed by atoms with Crippen LogP contribution in [0.15, 0.2) is 29.1 Å². The number of benzene rings is 1. The first-order valence-electron chi connectivity index (χ1n) is 10.6. The molecule has 1 aliphatic heterocycles. The second-order valence-electron chi connectivity index (χ2n) is 7.94. The van der Waals surface area contributed by atoms with E-state index in [1.807, 2.05) is 13.8 Å². The molecule has 2 amide bonds. The van der Waals surface area contributed by atoms with Crippen LogP contribution in [0.1, 0.15) is 35.5 Å². The molecule has 32 heavy (non-hydrogen) atoms. The summed E-state index contributed by atoms with van der Waals surface area (Å²) in [6.07, 6.45) is 1.91. The first kappa shape index (κ1) is 22.0. The van der Waals surface area contributed by atoms with Gasteiger partial charge in [0.15, 0.2) is 0 Å². The number of nitrogens with zero attached hydrogens (tertiary/aromatic N) is 2. The highest BCUT2D eigenvalue weighted by molar-refractivity contribution is 7.18. The van der Waals surface area contributed by atoms with Crippen molar-refractivity contribution in [2.75, 3.05) is 19.0 Å². The highest BCUT2D eigenvalue weighted by Gasteiger charge is 2.33. The van der Waals surface area contributed by atoms with Crippen LogP contribution in [0, 0.1) is 13.8 Å². The van der Waals surface area contributed by atoms with Gasteiger partial charge in [-0.05, 0) is 56.5 Å². The van der Waals surface area contributed by atoms with Crippen LogP contribution < -0.4 is 15.6 Å². The van der Waals surface area contributed by atoms with Crippen LogP contribution in [0.2, 0.25) is 0 Å². The third-order valence-corrected chi connectivity index (χ3v) is 7.00. The Kier molecular flexibility index (Phi) is 6.27. The first-order valence-corrected chi connectivity index (χ1v) is 11.4. The molecule has 1 aliphatic rings. The third kappa shape index (κ3) is 4.38. The molecule has 8 nitrogen and oxygen atoms in total. The van der Waals surface area contributed by atoms with Crippen LogP contribution in [0.3, 0.4) is 0 Å². The molecule has 2 aromatic heterocycles. The fourth-order valence-corrected chi connectivity index (χ4v) is 5.07. The number of methoxy groups -OCH3 is 1. The lowest BCUT2D eigenvalue weighted by atomic mass is 10.1. The molecule has 1 unspecified atom stereocenters. The molecule has 0 radical (unpaired) electrons. The fourth-order valence-electron chi connectivity index (χ4n) is 4.02. The zero-order valence-corrected chi connectivity index (χ0v) is 19.2. The van der Waals surface area contributed by atoms with Gasteiger partial charge in [0.25, 0.3) is 5.56 Å². The minimum Gasteiger partial charge on any atom is -0.497 e. The zero-order chi connectivity index (χ0) is 22.8. The quantitative estimate of drug-likeness (QED) is 0.595. The van der Waals surface area contributed by atoms with E-state index < -0.39 is 6.04 Å². The topological polar surface area (TPSA) is 104 Å². The van der Waals surface area contributed by atoms with E-state index in [1.165, 1.54) is 11.3 Å². The number of amides is 2. The molecule has 0 saturated carbocycles. The molecule has 1 fully saturated rings. The Morgan fingerprint density at radius 2 is 2.03 bits per heavy atom. The molecule has 1 saturated heterocycles. The number of rotatable bonds is 6. The van der Waals surface area contributed by atoms with Gasteiger partial charge in [-0.15, -0.1) is 11.3 Å². The number of nitrogens with one attached hydrogen (secondary N) is 2. The van der Waals surface area contributed by atoms with Crippen LogP contribution in [-0.4, -0.2) is 46.4 Å². The number of carbonyl (C=O) groups is 2. The van der Waals surface area contributed by atoms with Crippen molar-refractivity contribution in [1.29, 1.82) is 0 Å². The largest absolute Gasteiger partial charge is 0.497 e. The number of aromatic amines is 1. The first-order chi connectivity index (χ1) is 15.4. The maximum Gasteiger partial charge on any atom is 0.259 e. The summed E-state index contributed by atoms with van der Waals surface area (Å²) in [5.74, 6) is 0.895.